The molecule has 15 heavy (non-hydrogen) atoms. The largest absolute Gasteiger partial charge is 0.383 e. The zero-order valence-corrected chi connectivity index (χ0v) is 9.27. The molecule has 0 aliphatic heterocycles. The van der Waals surface area contributed by atoms with Gasteiger partial charge in [-0.15, -0.1) is 0 Å². The molecule has 1 aliphatic rings. The summed E-state index contributed by atoms with van der Waals surface area (Å²) in [4.78, 5) is 3.88. The van der Waals surface area contributed by atoms with Gasteiger partial charge in [0.25, 0.3) is 0 Å². The number of hydrogen-bond acceptors (Lipinski definition) is 3. The third-order valence-electron chi connectivity index (χ3n) is 3.61. The average Bonchev–Trinajstić information content (AvgIpc) is 2.71. The Hall–Kier alpha value is -1.16. The molecule has 0 amide bonds. The van der Waals surface area contributed by atoms with Crippen molar-refractivity contribution in [2.45, 2.75) is 38.8 Å². The monoisotopic (exact) mass is 207 g/mol. The number of aromatic nitrogens is 3. The van der Waals surface area contributed by atoms with Gasteiger partial charge in [0.15, 0.2) is 0 Å². The van der Waals surface area contributed by atoms with Crippen LogP contribution >= 0.6 is 0 Å². The summed E-state index contributed by atoms with van der Waals surface area (Å²) in [6.07, 6.45) is 4.96. The molecule has 1 aliphatic carbocycles. The minimum Gasteiger partial charge on any atom is -0.383 e. The van der Waals surface area contributed by atoms with Gasteiger partial charge in [0.05, 0.1) is 6.54 Å². The van der Waals surface area contributed by atoms with Gasteiger partial charge >= 0.3 is 0 Å². The molecule has 1 fully saturated rings. The zero-order valence-electron chi connectivity index (χ0n) is 9.27. The Morgan fingerprint density at radius 2 is 2.33 bits per heavy atom. The fraction of sp³-hybridized carbons (Fsp3) is 0.636. The van der Waals surface area contributed by atoms with Crippen LogP contribution in [0.2, 0.25) is 0 Å². The van der Waals surface area contributed by atoms with E-state index >= 15 is 0 Å². The van der Waals surface area contributed by atoms with E-state index in [0.29, 0.717) is 6.54 Å². The summed E-state index contributed by atoms with van der Waals surface area (Å²) in [5.74, 6) is 0. The Morgan fingerprint density at radius 1 is 1.60 bits per heavy atom. The minimum absolute atomic E-state index is 0.143. The Kier molecular flexibility index (Phi) is 2.19. The van der Waals surface area contributed by atoms with Crippen molar-refractivity contribution in [1.82, 2.24) is 14.8 Å². The lowest BCUT2D eigenvalue weighted by atomic mass is 9.76. The number of nitrogens with zero attached hydrogens (tertiary/aromatic N) is 3. The predicted octanol–water partition coefficient (Wildman–Crippen LogP) is 1.39. The molecule has 1 saturated carbocycles. The van der Waals surface area contributed by atoms with Gasteiger partial charge in [0.2, 0.25) is 0 Å². The van der Waals surface area contributed by atoms with E-state index in [9.17, 15) is 5.11 Å². The van der Waals surface area contributed by atoms with E-state index in [1.165, 1.54) is 6.33 Å². The molecule has 0 aromatic carbocycles. The van der Waals surface area contributed by atoms with E-state index < -0.39 is 5.60 Å². The Bertz CT molecular complexity index is 369. The molecule has 0 radical (unpaired) electrons. The first-order valence-electron chi connectivity index (χ1n) is 5.19. The van der Waals surface area contributed by atoms with Crippen molar-refractivity contribution in [3.63, 3.8) is 0 Å². The lowest BCUT2D eigenvalue weighted by Crippen LogP contribution is -2.45. The summed E-state index contributed by atoms with van der Waals surface area (Å²) in [5.41, 5.74) is -0.0977. The molecule has 1 heterocycles. The van der Waals surface area contributed by atoms with Crippen LogP contribution in [0.4, 0.5) is 0 Å². The van der Waals surface area contributed by atoms with Gasteiger partial charge < -0.3 is 5.11 Å². The molecule has 1 atom stereocenters. The second kappa shape index (κ2) is 3.17. The van der Waals surface area contributed by atoms with Gasteiger partial charge in [-0.25, -0.2) is 9.67 Å². The number of hydrogen-bond donors (Lipinski definition) is 1. The Labute approximate surface area is 89.6 Å². The maximum absolute atomic E-state index is 10.7. The lowest BCUT2D eigenvalue weighted by Gasteiger charge is -2.37. The Balaban J connectivity index is 2.28. The van der Waals surface area contributed by atoms with E-state index in [1.54, 1.807) is 11.0 Å². The topological polar surface area (TPSA) is 50.9 Å². The molecule has 4 nitrogen and oxygen atoms in total. The van der Waals surface area contributed by atoms with Crippen LogP contribution in [0.15, 0.2) is 24.8 Å². The standard InChI is InChI=1S/C11H17N3O/c1-9-4-5-10(2,3)11(9,15)6-14-8-12-7-13-14/h7-8,15H,1,4-6H2,2-3H3. The van der Waals surface area contributed by atoms with Crippen molar-refractivity contribution in [1.29, 1.82) is 0 Å². The second-order valence-corrected chi connectivity index (χ2v) is 4.94. The fourth-order valence-electron chi connectivity index (χ4n) is 2.23. The molecule has 1 unspecified atom stereocenters. The molecule has 82 valence electrons. The van der Waals surface area contributed by atoms with Gasteiger partial charge in [0, 0.05) is 0 Å². The van der Waals surface area contributed by atoms with Gasteiger partial charge in [-0.05, 0) is 23.8 Å². The minimum atomic E-state index is -0.860. The molecule has 0 bridgehead atoms. The van der Waals surface area contributed by atoms with Crippen LogP contribution < -0.4 is 0 Å². The van der Waals surface area contributed by atoms with Crippen LogP contribution in [-0.4, -0.2) is 25.5 Å². The smallest absolute Gasteiger partial charge is 0.137 e. The lowest BCUT2D eigenvalue weighted by molar-refractivity contribution is -0.0301. The summed E-state index contributed by atoms with van der Waals surface area (Å²) in [6.45, 7) is 8.56. The van der Waals surface area contributed by atoms with Crippen molar-refractivity contribution in [2.75, 3.05) is 0 Å². The molecule has 1 aromatic rings. The fourth-order valence-corrected chi connectivity index (χ4v) is 2.23. The van der Waals surface area contributed by atoms with Crippen LogP contribution in [0, 0.1) is 5.41 Å². The first-order chi connectivity index (χ1) is 6.96. The highest BCUT2D eigenvalue weighted by molar-refractivity contribution is 5.23. The van der Waals surface area contributed by atoms with E-state index in [2.05, 4.69) is 30.5 Å². The average molecular weight is 207 g/mol. The highest BCUT2D eigenvalue weighted by atomic mass is 16.3. The summed E-state index contributed by atoms with van der Waals surface area (Å²) in [5, 5.41) is 14.7. The molecule has 1 N–H and O–H groups in total. The first-order valence-corrected chi connectivity index (χ1v) is 5.19. The van der Waals surface area contributed by atoms with Gasteiger partial charge in [-0.1, -0.05) is 20.4 Å². The SMILES string of the molecule is C=C1CCC(C)(C)C1(O)Cn1cncn1. The number of rotatable bonds is 2. The van der Waals surface area contributed by atoms with Crippen LogP contribution in [0.5, 0.6) is 0 Å². The van der Waals surface area contributed by atoms with Crippen LogP contribution in [0.3, 0.4) is 0 Å². The van der Waals surface area contributed by atoms with Crippen molar-refractivity contribution >= 4 is 0 Å². The number of aliphatic hydroxyl groups is 1. The highest BCUT2D eigenvalue weighted by Gasteiger charge is 2.50. The summed E-state index contributed by atoms with van der Waals surface area (Å²) >= 11 is 0. The first kappa shape index (κ1) is 10.4. The van der Waals surface area contributed by atoms with E-state index in [1.807, 2.05) is 0 Å². The van der Waals surface area contributed by atoms with Crippen molar-refractivity contribution in [3.8, 4) is 0 Å². The van der Waals surface area contributed by atoms with E-state index in [-0.39, 0.29) is 5.41 Å². The van der Waals surface area contributed by atoms with Crippen LogP contribution in [-0.2, 0) is 6.54 Å². The molecule has 2 rings (SSSR count). The molecular formula is C11H17N3O. The van der Waals surface area contributed by atoms with Gasteiger partial charge in [-0.2, -0.15) is 5.10 Å². The maximum atomic E-state index is 10.7. The quantitative estimate of drug-likeness (QED) is 0.745. The summed E-state index contributed by atoms with van der Waals surface area (Å²) < 4.78 is 1.66. The van der Waals surface area contributed by atoms with E-state index in [0.717, 1.165) is 18.4 Å². The molecule has 4 heteroatoms. The molecule has 0 saturated heterocycles. The summed E-state index contributed by atoms with van der Waals surface area (Å²) in [6, 6.07) is 0. The van der Waals surface area contributed by atoms with Gasteiger partial charge in [0.1, 0.15) is 18.3 Å². The maximum Gasteiger partial charge on any atom is 0.137 e. The predicted molar refractivity (Wildman–Crippen MR) is 57.1 cm³/mol. The normalized spacial score (nSPS) is 29.7. The second-order valence-electron chi connectivity index (χ2n) is 4.94. The van der Waals surface area contributed by atoms with Crippen molar-refractivity contribution in [3.05, 3.63) is 24.8 Å². The van der Waals surface area contributed by atoms with Crippen molar-refractivity contribution < 1.29 is 5.11 Å². The third kappa shape index (κ3) is 1.49. The highest BCUT2D eigenvalue weighted by Crippen LogP contribution is 2.49. The summed E-state index contributed by atoms with van der Waals surface area (Å²) in [7, 11) is 0. The zero-order chi connectivity index (χ0) is 11.1. The van der Waals surface area contributed by atoms with Crippen LogP contribution in [0.25, 0.3) is 0 Å². The third-order valence-corrected chi connectivity index (χ3v) is 3.61. The van der Waals surface area contributed by atoms with Crippen LogP contribution in [0.1, 0.15) is 26.7 Å². The van der Waals surface area contributed by atoms with E-state index in [4.69, 9.17) is 0 Å². The van der Waals surface area contributed by atoms with Crippen molar-refractivity contribution in [2.24, 2.45) is 5.41 Å². The molecule has 1 aromatic heterocycles. The van der Waals surface area contributed by atoms with Gasteiger partial charge in [-0.3, -0.25) is 0 Å². The Morgan fingerprint density at radius 3 is 2.80 bits per heavy atom. The molecule has 0 spiro atoms. The molecular weight excluding hydrogens is 190 g/mol.